The number of hydrogen-bond acceptors (Lipinski definition) is 4. The molecule has 0 spiro atoms. The van der Waals surface area contributed by atoms with E-state index in [9.17, 15) is 14.4 Å². The summed E-state index contributed by atoms with van der Waals surface area (Å²) >= 11 is 0. The van der Waals surface area contributed by atoms with Crippen molar-refractivity contribution in [3.63, 3.8) is 0 Å². The van der Waals surface area contributed by atoms with Crippen molar-refractivity contribution in [1.29, 1.82) is 0 Å². The highest BCUT2D eigenvalue weighted by molar-refractivity contribution is 5.97. The third kappa shape index (κ3) is 6.83. The van der Waals surface area contributed by atoms with Crippen molar-refractivity contribution in [2.45, 2.75) is 26.7 Å². The first-order valence-corrected chi connectivity index (χ1v) is 9.32. The van der Waals surface area contributed by atoms with E-state index in [1.807, 2.05) is 26.0 Å². The van der Waals surface area contributed by atoms with E-state index in [4.69, 9.17) is 0 Å². The summed E-state index contributed by atoms with van der Waals surface area (Å²) in [6, 6.07) is 10.7. The molecule has 1 aromatic heterocycles. The summed E-state index contributed by atoms with van der Waals surface area (Å²) in [5.74, 6) is -0.955. The van der Waals surface area contributed by atoms with Crippen LogP contribution in [0.1, 0.15) is 35.7 Å². The quantitative estimate of drug-likeness (QED) is 0.697. The molecule has 0 radical (unpaired) electrons. The molecule has 0 saturated carbocycles. The summed E-state index contributed by atoms with van der Waals surface area (Å²) in [4.78, 5) is 42.3. The number of hydrogen-bond donors (Lipinski definition) is 2. The van der Waals surface area contributed by atoms with Crippen LogP contribution in [-0.2, 0) is 9.59 Å². The van der Waals surface area contributed by atoms with E-state index < -0.39 is 0 Å². The van der Waals surface area contributed by atoms with E-state index in [1.165, 1.54) is 11.1 Å². The molecule has 0 aliphatic heterocycles. The fraction of sp³-hybridized carbons (Fsp3) is 0.333. The van der Waals surface area contributed by atoms with Gasteiger partial charge in [0.15, 0.2) is 0 Å². The number of anilines is 1. The Bertz CT molecular complexity index is 791. The van der Waals surface area contributed by atoms with Crippen molar-refractivity contribution in [3.8, 4) is 0 Å². The Kier molecular flexibility index (Phi) is 8.14. The average Bonchev–Trinajstić information content (AvgIpc) is 2.71. The Morgan fingerprint density at radius 1 is 1.07 bits per heavy atom. The fourth-order valence-corrected chi connectivity index (χ4v) is 2.52. The van der Waals surface area contributed by atoms with Crippen molar-refractivity contribution >= 4 is 23.4 Å². The van der Waals surface area contributed by atoms with Crippen molar-refractivity contribution in [2.24, 2.45) is 0 Å². The zero-order valence-corrected chi connectivity index (χ0v) is 16.3. The van der Waals surface area contributed by atoms with Crippen LogP contribution in [0.15, 0.2) is 48.8 Å². The van der Waals surface area contributed by atoms with Gasteiger partial charge in [-0.2, -0.15) is 0 Å². The Morgan fingerprint density at radius 3 is 2.46 bits per heavy atom. The van der Waals surface area contributed by atoms with Gasteiger partial charge in [-0.05, 0) is 37.6 Å². The Balaban J connectivity index is 1.87. The Morgan fingerprint density at radius 2 is 1.82 bits per heavy atom. The molecule has 0 atom stereocenters. The second-order valence-corrected chi connectivity index (χ2v) is 6.51. The van der Waals surface area contributed by atoms with Gasteiger partial charge in [0.1, 0.15) is 0 Å². The number of amides is 3. The van der Waals surface area contributed by atoms with Crippen LogP contribution in [0.4, 0.5) is 5.69 Å². The normalized spacial score (nSPS) is 10.2. The van der Waals surface area contributed by atoms with E-state index in [0.29, 0.717) is 17.8 Å². The molecule has 0 unspecified atom stereocenters. The van der Waals surface area contributed by atoms with E-state index in [1.54, 1.807) is 30.5 Å². The van der Waals surface area contributed by atoms with Gasteiger partial charge in [0, 0.05) is 24.6 Å². The van der Waals surface area contributed by atoms with E-state index in [0.717, 1.165) is 18.4 Å². The summed E-state index contributed by atoms with van der Waals surface area (Å²) in [6.07, 6.45) is 4.76. The van der Waals surface area contributed by atoms with Crippen molar-refractivity contribution < 1.29 is 14.4 Å². The molecule has 28 heavy (non-hydrogen) atoms. The molecule has 7 nitrogen and oxygen atoms in total. The molecular weight excluding hydrogens is 356 g/mol. The van der Waals surface area contributed by atoms with Crippen LogP contribution in [0.25, 0.3) is 0 Å². The van der Waals surface area contributed by atoms with Gasteiger partial charge in [0.2, 0.25) is 11.8 Å². The number of aromatic nitrogens is 1. The first-order chi connectivity index (χ1) is 13.5. The average molecular weight is 382 g/mol. The molecule has 2 aromatic rings. The molecule has 1 aromatic carbocycles. The fourth-order valence-electron chi connectivity index (χ4n) is 2.52. The first-order valence-electron chi connectivity index (χ1n) is 9.32. The number of benzene rings is 1. The SMILES string of the molecule is CCCCN(CC(=O)NCC(=O)Nc1ccc(C)cc1)C(=O)c1cccnc1. The lowest BCUT2D eigenvalue weighted by Gasteiger charge is -2.22. The molecule has 0 aliphatic carbocycles. The van der Waals surface area contributed by atoms with Crippen molar-refractivity contribution in [1.82, 2.24) is 15.2 Å². The third-order valence-electron chi connectivity index (χ3n) is 4.09. The third-order valence-corrected chi connectivity index (χ3v) is 4.09. The molecule has 1 heterocycles. The monoisotopic (exact) mass is 382 g/mol. The number of aryl methyl sites for hydroxylation is 1. The summed E-state index contributed by atoms with van der Waals surface area (Å²) < 4.78 is 0. The Labute approximate surface area is 165 Å². The highest BCUT2D eigenvalue weighted by atomic mass is 16.2. The highest BCUT2D eigenvalue weighted by Gasteiger charge is 2.19. The van der Waals surface area contributed by atoms with Gasteiger partial charge in [0.05, 0.1) is 18.7 Å². The first kappa shape index (κ1) is 21.1. The number of rotatable bonds is 9. The van der Waals surface area contributed by atoms with Gasteiger partial charge in [0.25, 0.3) is 5.91 Å². The lowest BCUT2D eigenvalue weighted by Crippen LogP contribution is -2.43. The summed E-state index contributed by atoms with van der Waals surface area (Å²) in [5.41, 5.74) is 2.20. The second kappa shape index (κ2) is 10.8. The van der Waals surface area contributed by atoms with Crippen LogP contribution < -0.4 is 10.6 Å². The summed E-state index contributed by atoms with van der Waals surface area (Å²) in [5, 5.41) is 5.29. The maximum absolute atomic E-state index is 12.6. The number of unbranched alkanes of at least 4 members (excludes halogenated alkanes) is 1. The van der Waals surface area contributed by atoms with Gasteiger partial charge in [-0.3, -0.25) is 19.4 Å². The summed E-state index contributed by atoms with van der Waals surface area (Å²) in [7, 11) is 0. The zero-order chi connectivity index (χ0) is 20.4. The number of nitrogens with one attached hydrogen (secondary N) is 2. The lowest BCUT2D eigenvalue weighted by atomic mass is 10.2. The van der Waals surface area contributed by atoms with Gasteiger partial charge in [-0.15, -0.1) is 0 Å². The predicted octanol–water partition coefficient (Wildman–Crippen LogP) is 2.39. The highest BCUT2D eigenvalue weighted by Crippen LogP contribution is 2.08. The van der Waals surface area contributed by atoms with Crippen molar-refractivity contribution in [2.75, 3.05) is 25.0 Å². The van der Waals surface area contributed by atoms with Gasteiger partial charge in [-0.25, -0.2) is 0 Å². The van der Waals surface area contributed by atoms with Gasteiger partial charge < -0.3 is 15.5 Å². The van der Waals surface area contributed by atoms with Crippen molar-refractivity contribution in [3.05, 3.63) is 59.9 Å². The minimum absolute atomic E-state index is 0.106. The molecule has 2 N–H and O–H groups in total. The maximum atomic E-state index is 12.6. The zero-order valence-electron chi connectivity index (χ0n) is 16.3. The molecule has 0 bridgehead atoms. The number of pyridine rings is 1. The molecule has 0 aliphatic rings. The largest absolute Gasteiger partial charge is 0.345 e. The minimum Gasteiger partial charge on any atom is -0.345 e. The molecule has 3 amide bonds. The maximum Gasteiger partial charge on any atom is 0.255 e. The second-order valence-electron chi connectivity index (χ2n) is 6.51. The van der Waals surface area contributed by atoms with Crippen LogP contribution in [0.2, 0.25) is 0 Å². The molecular formula is C21H26N4O3. The topological polar surface area (TPSA) is 91.4 Å². The molecule has 2 rings (SSSR count). The molecule has 0 fully saturated rings. The lowest BCUT2D eigenvalue weighted by molar-refractivity contribution is -0.124. The molecule has 0 saturated heterocycles. The molecule has 148 valence electrons. The van der Waals surface area contributed by atoms with Crippen LogP contribution in [0, 0.1) is 6.92 Å². The Hall–Kier alpha value is -3.22. The van der Waals surface area contributed by atoms with Gasteiger partial charge >= 0.3 is 0 Å². The smallest absolute Gasteiger partial charge is 0.255 e. The van der Waals surface area contributed by atoms with E-state index >= 15 is 0 Å². The van der Waals surface area contributed by atoms with E-state index in [-0.39, 0.29) is 30.8 Å². The molecule has 7 heteroatoms. The summed E-state index contributed by atoms with van der Waals surface area (Å²) in [6.45, 7) is 4.18. The standard InChI is InChI=1S/C21H26N4O3/c1-3-4-12-25(21(28)17-6-5-11-22-13-17)15-20(27)23-14-19(26)24-18-9-7-16(2)8-10-18/h5-11,13H,3-4,12,14-15H2,1-2H3,(H,23,27)(H,24,26). The number of carbonyl (C=O) groups is 3. The number of nitrogens with zero attached hydrogens (tertiary/aromatic N) is 2. The van der Waals surface area contributed by atoms with Crippen LogP contribution in [0.5, 0.6) is 0 Å². The van der Waals surface area contributed by atoms with E-state index in [2.05, 4.69) is 15.6 Å². The minimum atomic E-state index is -0.382. The number of carbonyl (C=O) groups excluding carboxylic acids is 3. The predicted molar refractivity (Wildman–Crippen MR) is 108 cm³/mol. The van der Waals surface area contributed by atoms with Crippen LogP contribution in [0.3, 0.4) is 0 Å². The van der Waals surface area contributed by atoms with Gasteiger partial charge in [-0.1, -0.05) is 31.0 Å². The van der Waals surface area contributed by atoms with Crippen LogP contribution >= 0.6 is 0 Å². The van der Waals surface area contributed by atoms with Crippen LogP contribution in [-0.4, -0.2) is 47.2 Å².